The van der Waals surface area contributed by atoms with Gasteiger partial charge >= 0.3 is 0 Å². The number of rotatable bonds is 5. The van der Waals surface area contributed by atoms with Crippen LogP contribution < -0.4 is 5.32 Å². The van der Waals surface area contributed by atoms with Crippen molar-refractivity contribution in [3.8, 4) is 0 Å². The van der Waals surface area contributed by atoms with Crippen molar-refractivity contribution in [1.29, 1.82) is 0 Å². The van der Waals surface area contributed by atoms with Gasteiger partial charge < -0.3 is 5.32 Å². The van der Waals surface area contributed by atoms with E-state index in [-0.39, 0.29) is 30.6 Å². The normalized spacial score (nSPS) is 15.5. The highest BCUT2D eigenvalue weighted by atomic mass is 35.5. The first-order valence-corrected chi connectivity index (χ1v) is 9.59. The van der Waals surface area contributed by atoms with Gasteiger partial charge in [0.05, 0.1) is 4.91 Å². The largest absolute Gasteiger partial charge is 0.326 e. The molecule has 27 heavy (non-hydrogen) atoms. The molecule has 1 aliphatic heterocycles. The predicted molar refractivity (Wildman–Crippen MR) is 111 cm³/mol. The summed E-state index contributed by atoms with van der Waals surface area (Å²) in [5.41, 5.74) is 1.34. The summed E-state index contributed by atoms with van der Waals surface area (Å²) in [5, 5.41) is 3.33. The Balaban J connectivity index is 1.59. The third-order valence-electron chi connectivity index (χ3n) is 3.73. The van der Waals surface area contributed by atoms with Gasteiger partial charge in [0.25, 0.3) is 5.91 Å². The van der Waals surface area contributed by atoms with Crippen molar-refractivity contribution in [2.75, 3.05) is 11.9 Å². The second kappa shape index (κ2) is 8.65. The van der Waals surface area contributed by atoms with Gasteiger partial charge in [-0.3, -0.25) is 14.5 Å². The van der Waals surface area contributed by atoms with Crippen LogP contribution in [0, 0.1) is 5.82 Å². The minimum atomic E-state index is -0.341. The van der Waals surface area contributed by atoms with Crippen LogP contribution in [0.15, 0.2) is 53.4 Å². The van der Waals surface area contributed by atoms with E-state index in [9.17, 15) is 14.0 Å². The molecule has 2 aromatic carbocycles. The minimum absolute atomic E-state index is 0.110. The molecule has 0 bridgehead atoms. The van der Waals surface area contributed by atoms with Crippen molar-refractivity contribution in [2.45, 2.75) is 6.42 Å². The molecule has 0 atom stereocenters. The zero-order valence-corrected chi connectivity index (χ0v) is 16.3. The van der Waals surface area contributed by atoms with Crippen molar-refractivity contribution in [2.24, 2.45) is 0 Å². The fourth-order valence-corrected chi connectivity index (χ4v) is 3.81. The summed E-state index contributed by atoms with van der Waals surface area (Å²) in [6.45, 7) is 0.185. The molecule has 0 saturated carbocycles. The fourth-order valence-electron chi connectivity index (χ4n) is 2.37. The highest BCUT2D eigenvalue weighted by Gasteiger charge is 2.32. The lowest BCUT2D eigenvalue weighted by Gasteiger charge is -2.14. The maximum absolute atomic E-state index is 13.0. The first-order valence-electron chi connectivity index (χ1n) is 7.99. The van der Waals surface area contributed by atoms with Crippen molar-refractivity contribution < 1.29 is 14.0 Å². The molecule has 2 aromatic rings. The Labute approximate surface area is 170 Å². The molecular weight excluding hydrogens is 407 g/mol. The molecule has 1 N–H and O–H groups in total. The Kier molecular flexibility index (Phi) is 6.26. The van der Waals surface area contributed by atoms with Crippen LogP contribution in [0.5, 0.6) is 0 Å². The summed E-state index contributed by atoms with van der Waals surface area (Å²) in [5.74, 6) is -0.825. The van der Waals surface area contributed by atoms with E-state index < -0.39 is 0 Å². The van der Waals surface area contributed by atoms with Gasteiger partial charge in [0.1, 0.15) is 10.1 Å². The Hall–Kier alpha value is -2.22. The number of benzene rings is 2. The van der Waals surface area contributed by atoms with E-state index in [1.165, 1.54) is 28.8 Å². The quantitative estimate of drug-likeness (QED) is 0.562. The number of anilines is 1. The first-order chi connectivity index (χ1) is 12.9. The number of nitrogens with zero attached hydrogens (tertiary/aromatic N) is 1. The Morgan fingerprint density at radius 3 is 2.52 bits per heavy atom. The van der Waals surface area contributed by atoms with Crippen LogP contribution in [0.2, 0.25) is 5.02 Å². The second-order valence-corrected chi connectivity index (χ2v) is 7.80. The van der Waals surface area contributed by atoms with Crippen molar-refractivity contribution in [3.63, 3.8) is 0 Å². The lowest BCUT2D eigenvalue weighted by Crippen LogP contribution is -2.31. The zero-order chi connectivity index (χ0) is 19.4. The van der Waals surface area contributed by atoms with E-state index in [0.717, 1.165) is 0 Å². The number of hydrogen-bond donors (Lipinski definition) is 1. The lowest BCUT2D eigenvalue weighted by molar-refractivity contribution is -0.122. The molecule has 4 nitrogen and oxygen atoms in total. The van der Waals surface area contributed by atoms with Crippen LogP contribution in [0.25, 0.3) is 6.08 Å². The van der Waals surface area contributed by atoms with Crippen molar-refractivity contribution >= 4 is 63.5 Å². The number of carbonyl (C=O) groups is 2. The van der Waals surface area contributed by atoms with E-state index in [4.69, 9.17) is 23.8 Å². The summed E-state index contributed by atoms with van der Waals surface area (Å²) in [7, 11) is 0. The molecule has 0 aliphatic carbocycles. The maximum Gasteiger partial charge on any atom is 0.266 e. The van der Waals surface area contributed by atoms with Crippen molar-refractivity contribution in [1.82, 2.24) is 4.90 Å². The smallest absolute Gasteiger partial charge is 0.266 e. The average Bonchev–Trinajstić information content (AvgIpc) is 2.90. The molecule has 1 fully saturated rings. The molecule has 1 aliphatic rings. The van der Waals surface area contributed by atoms with Gasteiger partial charge in [-0.1, -0.05) is 47.7 Å². The molecule has 8 heteroatoms. The standard InChI is InChI=1S/C19H14ClFN2O2S2/c20-13-3-7-15(8-4-13)22-17(24)9-10-23-18(25)16(27-19(23)26)11-12-1-5-14(21)6-2-12/h1-8,11H,9-10H2,(H,22,24)/b16-11-. The molecule has 1 saturated heterocycles. The van der Waals surface area contributed by atoms with E-state index in [0.29, 0.717) is 25.5 Å². The number of amides is 2. The summed E-state index contributed by atoms with van der Waals surface area (Å²) in [4.78, 5) is 26.5. The number of hydrogen-bond acceptors (Lipinski definition) is 4. The topological polar surface area (TPSA) is 49.4 Å². The summed E-state index contributed by atoms with van der Waals surface area (Å²) in [6.07, 6.45) is 1.77. The van der Waals surface area contributed by atoms with Gasteiger partial charge in [0, 0.05) is 23.7 Å². The third kappa shape index (κ3) is 5.15. The first kappa shape index (κ1) is 19.5. The summed E-state index contributed by atoms with van der Waals surface area (Å²) >= 11 is 12.2. The Morgan fingerprint density at radius 2 is 1.85 bits per heavy atom. The SMILES string of the molecule is O=C(CCN1C(=O)/C(=C/c2ccc(F)cc2)SC1=S)Nc1ccc(Cl)cc1. The minimum Gasteiger partial charge on any atom is -0.326 e. The highest BCUT2D eigenvalue weighted by Crippen LogP contribution is 2.32. The van der Waals surface area contributed by atoms with E-state index in [2.05, 4.69) is 5.32 Å². The Morgan fingerprint density at radius 1 is 1.19 bits per heavy atom. The molecule has 0 spiro atoms. The fraction of sp³-hybridized carbons (Fsp3) is 0.105. The molecule has 138 valence electrons. The number of thioether (sulfide) groups is 1. The van der Waals surface area contributed by atoms with E-state index in [1.54, 1.807) is 42.5 Å². The third-order valence-corrected chi connectivity index (χ3v) is 5.36. The van der Waals surface area contributed by atoms with Gasteiger partial charge in [-0.25, -0.2) is 4.39 Å². The Bertz CT molecular complexity index is 914. The van der Waals surface area contributed by atoms with Crippen LogP contribution in [-0.2, 0) is 9.59 Å². The highest BCUT2D eigenvalue weighted by molar-refractivity contribution is 8.26. The summed E-state index contributed by atoms with van der Waals surface area (Å²) in [6, 6.07) is 12.6. The van der Waals surface area contributed by atoms with Gasteiger partial charge in [0.2, 0.25) is 5.91 Å². The van der Waals surface area contributed by atoms with Crippen LogP contribution >= 0.6 is 35.6 Å². The second-order valence-electron chi connectivity index (χ2n) is 5.69. The lowest BCUT2D eigenvalue weighted by atomic mass is 10.2. The molecule has 0 unspecified atom stereocenters. The monoisotopic (exact) mass is 420 g/mol. The molecule has 1 heterocycles. The number of nitrogens with one attached hydrogen (secondary N) is 1. The maximum atomic E-state index is 13.0. The van der Waals surface area contributed by atoms with Crippen LogP contribution in [0.3, 0.4) is 0 Å². The molecule has 0 aromatic heterocycles. The number of carbonyl (C=O) groups excluding carboxylic acids is 2. The molecular formula is C19H14ClFN2O2S2. The van der Waals surface area contributed by atoms with Gasteiger partial charge in [0.15, 0.2) is 0 Å². The van der Waals surface area contributed by atoms with E-state index in [1.807, 2.05) is 0 Å². The van der Waals surface area contributed by atoms with Crippen LogP contribution in [0.1, 0.15) is 12.0 Å². The molecule has 2 amide bonds. The predicted octanol–water partition coefficient (Wildman–Crippen LogP) is 4.71. The van der Waals surface area contributed by atoms with Crippen molar-refractivity contribution in [3.05, 3.63) is 69.8 Å². The zero-order valence-electron chi connectivity index (χ0n) is 13.9. The summed E-state index contributed by atoms with van der Waals surface area (Å²) < 4.78 is 13.4. The van der Waals surface area contributed by atoms with Gasteiger partial charge in [-0.05, 0) is 48.0 Å². The van der Waals surface area contributed by atoms with Gasteiger partial charge in [-0.2, -0.15) is 0 Å². The molecule has 3 rings (SSSR count). The average molecular weight is 421 g/mol. The van der Waals surface area contributed by atoms with Gasteiger partial charge in [-0.15, -0.1) is 0 Å². The number of halogens is 2. The molecule has 0 radical (unpaired) electrons. The van der Waals surface area contributed by atoms with Crippen LogP contribution in [0.4, 0.5) is 10.1 Å². The van der Waals surface area contributed by atoms with Crippen LogP contribution in [-0.4, -0.2) is 27.6 Å². The number of thiocarbonyl (C=S) groups is 1. The van der Waals surface area contributed by atoms with E-state index >= 15 is 0 Å².